The Hall–Kier alpha value is -2.91. The zero-order valence-electron chi connectivity index (χ0n) is 14.8. The monoisotopic (exact) mass is 416 g/mol. The van der Waals surface area contributed by atoms with Gasteiger partial charge < -0.3 is 10.1 Å². The number of benzene rings is 1. The van der Waals surface area contributed by atoms with E-state index in [1.807, 2.05) is 17.5 Å². The first kappa shape index (κ1) is 19.8. The van der Waals surface area contributed by atoms with Gasteiger partial charge in [0.15, 0.2) is 0 Å². The lowest BCUT2D eigenvalue weighted by Gasteiger charge is -2.12. The second-order valence-electron chi connectivity index (χ2n) is 5.63. The number of hydrogen-bond acceptors (Lipinski definition) is 7. The molecular formula is C19H16N2O5S2. The largest absolute Gasteiger partial charge is 0.462 e. The number of thiophene rings is 1. The molecule has 0 unspecified atom stereocenters. The molecule has 2 heterocycles. The molecule has 0 bridgehead atoms. The van der Waals surface area contributed by atoms with Crippen LogP contribution in [0.1, 0.15) is 22.2 Å². The molecular weight excluding hydrogens is 400 g/mol. The van der Waals surface area contributed by atoms with Gasteiger partial charge in [0.2, 0.25) is 5.91 Å². The fraction of sp³-hybridized carbons (Fsp3) is 0.158. The molecule has 1 aliphatic rings. The lowest BCUT2D eigenvalue weighted by Crippen LogP contribution is -2.36. The van der Waals surface area contributed by atoms with Crippen molar-refractivity contribution < 1.29 is 23.9 Å². The Morgan fingerprint density at radius 2 is 1.93 bits per heavy atom. The van der Waals surface area contributed by atoms with E-state index in [0.29, 0.717) is 16.2 Å². The molecule has 1 aliphatic heterocycles. The van der Waals surface area contributed by atoms with E-state index in [0.717, 1.165) is 21.5 Å². The van der Waals surface area contributed by atoms with Crippen molar-refractivity contribution in [1.29, 1.82) is 0 Å². The predicted octanol–water partition coefficient (Wildman–Crippen LogP) is 3.60. The molecule has 1 saturated heterocycles. The van der Waals surface area contributed by atoms with E-state index in [9.17, 15) is 19.2 Å². The minimum Gasteiger partial charge on any atom is -0.462 e. The molecule has 1 N–H and O–H groups in total. The van der Waals surface area contributed by atoms with Crippen LogP contribution in [0.15, 0.2) is 46.7 Å². The van der Waals surface area contributed by atoms with Gasteiger partial charge in [0.25, 0.3) is 11.1 Å². The number of esters is 1. The fourth-order valence-electron chi connectivity index (χ4n) is 2.39. The minimum absolute atomic E-state index is 0.274. The Morgan fingerprint density at radius 1 is 1.18 bits per heavy atom. The molecule has 7 nitrogen and oxygen atoms in total. The summed E-state index contributed by atoms with van der Waals surface area (Å²) in [5.41, 5.74) is 0.809. The number of carbonyl (C=O) groups is 4. The van der Waals surface area contributed by atoms with Crippen molar-refractivity contribution in [3.8, 4) is 0 Å². The topological polar surface area (TPSA) is 92.8 Å². The van der Waals surface area contributed by atoms with Crippen molar-refractivity contribution in [2.75, 3.05) is 18.5 Å². The van der Waals surface area contributed by atoms with Gasteiger partial charge in [0.1, 0.15) is 6.54 Å². The van der Waals surface area contributed by atoms with E-state index in [4.69, 9.17) is 4.74 Å². The zero-order chi connectivity index (χ0) is 20.1. The van der Waals surface area contributed by atoms with Crippen LogP contribution in [0.4, 0.5) is 10.5 Å². The van der Waals surface area contributed by atoms with E-state index >= 15 is 0 Å². The lowest BCUT2D eigenvalue weighted by atomic mass is 10.2. The summed E-state index contributed by atoms with van der Waals surface area (Å²) >= 11 is 2.26. The molecule has 0 radical (unpaired) electrons. The number of rotatable bonds is 6. The molecule has 9 heteroatoms. The van der Waals surface area contributed by atoms with Gasteiger partial charge in [-0.3, -0.25) is 19.3 Å². The highest BCUT2D eigenvalue weighted by Gasteiger charge is 2.36. The maximum absolute atomic E-state index is 12.4. The highest BCUT2D eigenvalue weighted by molar-refractivity contribution is 8.18. The number of nitrogens with zero attached hydrogens (tertiary/aromatic N) is 1. The molecule has 2 aromatic rings. The van der Waals surface area contributed by atoms with Crippen LogP contribution in [0, 0.1) is 0 Å². The maximum atomic E-state index is 12.4. The van der Waals surface area contributed by atoms with Gasteiger partial charge in [-0.15, -0.1) is 11.3 Å². The van der Waals surface area contributed by atoms with Gasteiger partial charge in [0.05, 0.1) is 17.1 Å². The van der Waals surface area contributed by atoms with Crippen LogP contribution in [-0.2, 0) is 14.3 Å². The van der Waals surface area contributed by atoms with Crippen LogP contribution in [0.25, 0.3) is 6.08 Å². The number of thioether (sulfide) groups is 1. The minimum atomic E-state index is -0.511. The van der Waals surface area contributed by atoms with Crippen molar-refractivity contribution >= 4 is 57.9 Å². The Morgan fingerprint density at radius 3 is 2.57 bits per heavy atom. The van der Waals surface area contributed by atoms with Crippen LogP contribution < -0.4 is 5.32 Å². The summed E-state index contributed by atoms with van der Waals surface area (Å²) in [6.45, 7) is 1.61. The number of imide groups is 1. The Labute approximate surface area is 169 Å². The summed E-state index contributed by atoms with van der Waals surface area (Å²) < 4.78 is 4.89. The molecule has 3 amide bonds. The Balaban J connectivity index is 1.61. The van der Waals surface area contributed by atoms with Crippen LogP contribution in [-0.4, -0.2) is 41.1 Å². The van der Waals surface area contributed by atoms with Crippen LogP contribution in [0.5, 0.6) is 0 Å². The highest BCUT2D eigenvalue weighted by Crippen LogP contribution is 2.32. The van der Waals surface area contributed by atoms with Gasteiger partial charge >= 0.3 is 5.97 Å². The highest BCUT2D eigenvalue weighted by atomic mass is 32.2. The average Bonchev–Trinajstić information content (AvgIpc) is 3.27. The number of hydrogen-bond donors (Lipinski definition) is 1. The summed E-state index contributed by atoms with van der Waals surface area (Å²) in [5.74, 6) is -1.45. The molecule has 28 heavy (non-hydrogen) atoms. The third-order valence-corrected chi connectivity index (χ3v) is 5.40. The molecule has 0 atom stereocenters. The first-order valence-electron chi connectivity index (χ1n) is 8.34. The van der Waals surface area contributed by atoms with Gasteiger partial charge in [0, 0.05) is 10.6 Å². The van der Waals surface area contributed by atoms with Crippen molar-refractivity contribution in [3.05, 3.63) is 57.1 Å². The van der Waals surface area contributed by atoms with Gasteiger partial charge in [-0.2, -0.15) is 0 Å². The van der Waals surface area contributed by atoms with Gasteiger partial charge in [-0.05, 0) is 60.5 Å². The lowest BCUT2D eigenvalue weighted by molar-refractivity contribution is -0.127. The average molecular weight is 416 g/mol. The Kier molecular flexibility index (Phi) is 6.27. The number of amides is 3. The summed E-state index contributed by atoms with van der Waals surface area (Å²) in [7, 11) is 0. The number of carbonyl (C=O) groups excluding carboxylic acids is 4. The SMILES string of the molecule is CCOC(=O)c1ccc(NC(=O)CN2C(=O)S/C(=C\c3cccs3)C2=O)cc1. The molecule has 144 valence electrons. The van der Waals surface area contributed by atoms with Crippen molar-refractivity contribution in [2.24, 2.45) is 0 Å². The number of ether oxygens (including phenoxy) is 1. The summed E-state index contributed by atoms with van der Waals surface area (Å²) in [4.78, 5) is 50.4. The second kappa shape index (κ2) is 8.85. The molecule has 1 fully saturated rings. The van der Waals surface area contributed by atoms with Crippen molar-refractivity contribution in [3.63, 3.8) is 0 Å². The third kappa shape index (κ3) is 4.68. The van der Waals surface area contributed by atoms with Gasteiger partial charge in [-0.25, -0.2) is 4.79 Å². The quantitative estimate of drug-likeness (QED) is 0.571. The fourth-order valence-corrected chi connectivity index (χ4v) is 3.95. The number of nitrogens with one attached hydrogen (secondary N) is 1. The van der Waals surface area contributed by atoms with E-state index in [1.165, 1.54) is 23.5 Å². The molecule has 0 spiro atoms. The second-order valence-corrected chi connectivity index (χ2v) is 7.60. The molecule has 0 aliphatic carbocycles. The summed E-state index contributed by atoms with van der Waals surface area (Å²) in [6.07, 6.45) is 1.64. The molecule has 3 rings (SSSR count). The predicted molar refractivity (Wildman–Crippen MR) is 108 cm³/mol. The maximum Gasteiger partial charge on any atom is 0.338 e. The standard InChI is InChI=1S/C19H16N2O5S2/c1-2-26-18(24)12-5-7-13(8-6-12)20-16(22)11-21-17(23)15(28-19(21)25)10-14-4-3-9-27-14/h3-10H,2,11H2,1H3,(H,20,22)/b15-10-. The van der Waals surface area contributed by atoms with E-state index in [1.54, 1.807) is 25.1 Å². The summed E-state index contributed by atoms with van der Waals surface area (Å²) in [6, 6.07) is 9.84. The normalized spacial score (nSPS) is 15.2. The zero-order valence-corrected chi connectivity index (χ0v) is 16.5. The van der Waals surface area contributed by atoms with Crippen LogP contribution >= 0.6 is 23.1 Å². The smallest absolute Gasteiger partial charge is 0.338 e. The Bertz CT molecular complexity index is 936. The summed E-state index contributed by atoms with van der Waals surface area (Å²) in [5, 5.41) is 3.99. The van der Waals surface area contributed by atoms with E-state index < -0.39 is 23.0 Å². The molecule has 1 aromatic heterocycles. The van der Waals surface area contributed by atoms with E-state index in [2.05, 4.69) is 5.32 Å². The van der Waals surface area contributed by atoms with Crippen molar-refractivity contribution in [1.82, 2.24) is 4.90 Å². The molecule has 0 saturated carbocycles. The van der Waals surface area contributed by atoms with E-state index in [-0.39, 0.29) is 13.2 Å². The molecule has 1 aromatic carbocycles. The van der Waals surface area contributed by atoms with Crippen molar-refractivity contribution in [2.45, 2.75) is 6.92 Å². The third-order valence-electron chi connectivity index (χ3n) is 3.67. The van der Waals surface area contributed by atoms with Gasteiger partial charge in [-0.1, -0.05) is 6.07 Å². The first-order valence-corrected chi connectivity index (χ1v) is 10.0. The number of anilines is 1. The first-order chi connectivity index (χ1) is 13.5. The van der Waals surface area contributed by atoms with Crippen LogP contribution in [0.3, 0.4) is 0 Å². The van der Waals surface area contributed by atoms with Crippen LogP contribution in [0.2, 0.25) is 0 Å².